The second-order valence-corrected chi connectivity index (χ2v) is 4.73. The fraction of sp³-hybridized carbons (Fsp3) is 0.643. The molecule has 0 N–H and O–H groups in total. The fourth-order valence-electron chi connectivity index (χ4n) is 2.38. The molecular weight excluding hydrogens is 212 g/mol. The molecule has 0 saturated carbocycles. The van der Waals surface area contributed by atoms with Gasteiger partial charge in [0.25, 0.3) is 0 Å². The van der Waals surface area contributed by atoms with Gasteiger partial charge in [0.2, 0.25) is 0 Å². The quantitative estimate of drug-likeness (QED) is 0.756. The van der Waals surface area contributed by atoms with Crippen LogP contribution in [0.1, 0.15) is 31.7 Å². The standard InChI is InChI=1S/C14H22N2O/c1-2-8-16(12-14-6-4-9-17-14)11-13-5-3-7-15-10-13/h3,5,7,10,14H,2,4,6,8-9,11-12H2,1H3/t14-/m0/s1. The van der Waals surface area contributed by atoms with Gasteiger partial charge in [-0.3, -0.25) is 9.88 Å². The summed E-state index contributed by atoms with van der Waals surface area (Å²) in [4.78, 5) is 6.65. The average molecular weight is 234 g/mol. The number of ether oxygens (including phenoxy) is 1. The van der Waals surface area contributed by atoms with Crippen molar-refractivity contribution in [3.8, 4) is 0 Å². The summed E-state index contributed by atoms with van der Waals surface area (Å²) < 4.78 is 5.71. The zero-order valence-corrected chi connectivity index (χ0v) is 10.6. The molecule has 0 radical (unpaired) electrons. The van der Waals surface area contributed by atoms with Gasteiger partial charge in [-0.1, -0.05) is 13.0 Å². The molecule has 0 unspecified atom stereocenters. The van der Waals surface area contributed by atoms with E-state index in [2.05, 4.69) is 22.9 Å². The van der Waals surface area contributed by atoms with Crippen molar-refractivity contribution in [1.82, 2.24) is 9.88 Å². The number of aromatic nitrogens is 1. The second kappa shape index (κ2) is 6.72. The molecule has 1 atom stereocenters. The monoisotopic (exact) mass is 234 g/mol. The molecule has 0 spiro atoms. The lowest BCUT2D eigenvalue weighted by Crippen LogP contribution is -2.32. The van der Waals surface area contributed by atoms with E-state index in [1.165, 1.54) is 24.8 Å². The Kier molecular flexibility index (Phi) is 4.95. The van der Waals surface area contributed by atoms with E-state index < -0.39 is 0 Å². The molecule has 1 aromatic heterocycles. The maximum atomic E-state index is 5.71. The maximum Gasteiger partial charge on any atom is 0.0702 e. The van der Waals surface area contributed by atoms with Gasteiger partial charge in [0, 0.05) is 32.1 Å². The largest absolute Gasteiger partial charge is 0.377 e. The summed E-state index contributed by atoms with van der Waals surface area (Å²) in [6, 6.07) is 4.15. The number of pyridine rings is 1. The molecule has 3 nitrogen and oxygen atoms in total. The van der Waals surface area contributed by atoms with Crippen LogP contribution in [0.25, 0.3) is 0 Å². The predicted molar refractivity (Wildman–Crippen MR) is 68.8 cm³/mol. The molecular formula is C14H22N2O. The van der Waals surface area contributed by atoms with Crippen LogP contribution in [0.3, 0.4) is 0 Å². The van der Waals surface area contributed by atoms with Crippen molar-refractivity contribution in [3.63, 3.8) is 0 Å². The van der Waals surface area contributed by atoms with E-state index in [4.69, 9.17) is 4.74 Å². The summed E-state index contributed by atoms with van der Waals surface area (Å²) in [5.41, 5.74) is 1.29. The fourth-order valence-corrected chi connectivity index (χ4v) is 2.38. The predicted octanol–water partition coefficient (Wildman–Crippen LogP) is 2.47. The number of hydrogen-bond acceptors (Lipinski definition) is 3. The van der Waals surface area contributed by atoms with Crippen LogP contribution in [0.15, 0.2) is 24.5 Å². The minimum absolute atomic E-state index is 0.443. The Morgan fingerprint density at radius 1 is 1.53 bits per heavy atom. The Morgan fingerprint density at radius 2 is 2.47 bits per heavy atom. The van der Waals surface area contributed by atoms with E-state index in [-0.39, 0.29) is 0 Å². The molecule has 1 aliphatic heterocycles. The summed E-state index contributed by atoms with van der Waals surface area (Å²) in [5, 5.41) is 0. The topological polar surface area (TPSA) is 25.4 Å². The van der Waals surface area contributed by atoms with Crippen LogP contribution in [0.4, 0.5) is 0 Å². The van der Waals surface area contributed by atoms with Crippen molar-refractivity contribution in [1.29, 1.82) is 0 Å². The van der Waals surface area contributed by atoms with Crippen LogP contribution < -0.4 is 0 Å². The highest BCUT2D eigenvalue weighted by Crippen LogP contribution is 2.15. The molecule has 2 rings (SSSR count). The summed E-state index contributed by atoms with van der Waals surface area (Å²) in [6.45, 7) is 6.35. The Morgan fingerprint density at radius 3 is 3.12 bits per heavy atom. The molecule has 1 fully saturated rings. The van der Waals surface area contributed by atoms with Crippen LogP contribution >= 0.6 is 0 Å². The summed E-state index contributed by atoms with van der Waals surface area (Å²) >= 11 is 0. The lowest BCUT2D eigenvalue weighted by Gasteiger charge is -2.24. The van der Waals surface area contributed by atoms with E-state index in [1.807, 2.05) is 18.5 Å². The SMILES string of the molecule is CCCN(Cc1cccnc1)C[C@@H]1CCCO1. The molecule has 0 aliphatic carbocycles. The van der Waals surface area contributed by atoms with Crippen LogP contribution in [0.2, 0.25) is 0 Å². The Balaban J connectivity index is 1.87. The van der Waals surface area contributed by atoms with Crippen molar-refractivity contribution in [2.45, 2.75) is 38.8 Å². The van der Waals surface area contributed by atoms with E-state index in [0.717, 1.165) is 26.2 Å². The van der Waals surface area contributed by atoms with Gasteiger partial charge in [-0.05, 0) is 37.4 Å². The lowest BCUT2D eigenvalue weighted by molar-refractivity contribution is 0.0706. The van der Waals surface area contributed by atoms with Gasteiger partial charge in [0.05, 0.1) is 6.10 Å². The van der Waals surface area contributed by atoms with E-state index in [0.29, 0.717) is 6.10 Å². The highest BCUT2D eigenvalue weighted by molar-refractivity contribution is 5.08. The number of nitrogens with zero attached hydrogens (tertiary/aromatic N) is 2. The smallest absolute Gasteiger partial charge is 0.0702 e. The third kappa shape index (κ3) is 4.10. The molecule has 0 bridgehead atoms. The zero-order chi connectivity index (χ0) is 11.9. The first-order chi connectivity index (χ1) is 8.38. The molecule has 17 heavy (non-hydrogen) atoms. The van der Waals surface area contributed by atoms with Crippen molar-refractivity contribution >= 4 is 0 Å². The van der Waals surface area contributed by atoms with Crippen molar-refractivity contribution in [2.24, 2.45) is 0 Å². The van der Waals surface area contributed by atoms with Crippen LogP contribution in [0.5, 0.6) is 0 Å². The number of rotatable bonds is 6. The first-order valence-electron chi connectivity index (χ1n) is 6.61. The summed E-state index contributed by atoms with van der Waals surface area (Å²) in [7, 11) is 0. The average Bonchev–Trinajstić information content (AvgIpc) is 2.83. The van der Waals surface area contributed by atoms with Gasteiger partial charge < -0.3 is 4.74 Å². The van der Waals surface area contributed by atoms with Gasteiger partial charge in [0.15, 0.2) is 0 Å². The molecule has 3 heteroatoms. The highest BCUT2D eigenvalue weighted by Gasteiger charge is 2.18. The zero-order valence-electron chi connectivity index (χ0n) is 10.6. The minimum atomic E-state index is 0.443. The second-order valence-electron chi connectivity index (χ2n) is 4.73. The molecule has 1 aliphatic rings. The maximum absolute atomic E-state index is 5.71. The van der Waals surface area contributed by atoms with Gasteiger partial charge in [-0.25, -0.2) is 0 Å². The van der Waals surface area contributed by atoms with E-state index in [9.17, 15) is 0 Å². The molecule has 0 amide bonds. The van der Waals surface area contributed by atoms with Gasteiger partial charge in [0.1, 0.15) is 0 Å². The first kappa shape index (κ1) is 12.5. The Bertz CT molecular complexity index is 309. The minimum Gasteiger partial charge on any atom is -0.377 e. The first-order valence-corrected chi connectivity index (χ1v) is 6.61. The molecule has 1 aromatic rings. The molecule has 0 aromatic carbocycles. The highest BCUT2D eigenvalue weighted by atomic mass is 16.5. The Hall–Kier alpha value is -0.930. The summed E-state index contributed by atoms with van der Waals surface area (Å²) in [5.74, 6) is 0. The van der Waals surface area contributed by atoms with Crippen LogP contribution in [-0.2, 0) is 11.3 Å². The van der Waals surface area contributed by atoms with E-state index in [1.54, 1.807) is 0 Å². The van der Waals surface area contributed by atoms with Crippen LogP contribution in [-0.4, -0.2) is 35.7 Å². The normalized spacial score (nSPS) is 20.0. The summed E-state index contributed by atoms with van der Waals surface area (Å²) in [6.07, 6.45) is 7.85. The van der Waals surface area contributed by atoms with Gasteiger partial charge in [-0.15, -0.1) is 0 Å². The van der Waals surface area contributed by atoms with Crippen molar-refractivity contribution in [3.05, 3.63) is 30.1 Å². The Labute approximate surface area is 104 Å². The molecule has 1 saturated heterocycles. The molecule has 2 heterocycles. The van der Waals surface area contributed by atoms with Gasteiger partial charge in [-0.2, -0.15) is 0 Å². The van der Waals surface area contributed by atoms with Crippen LogP contribution in [0, 0.1) is 0 Å². The third-order valence-electron chi connectivity index (χ3n) is 3.15. The third-order valence-corrected chi connectivity index (χ3v) is 3.15. The van der Waals surface area contributed by atoms with Crippen molar-refractivity contribution in [2.75, 3.05) is 19.7 Å². The van der Waals surface area contributed by atoms with E-state index >= 15 is 0 Å². The lowest BCUT2D eigenvalue weighted by atomic mass is 10.2. The van der Waals surface area contributed by atoms with Gasteiger partial charge >= 0.3 is 0 Å². The van der Waals surface area contributed by atoms with Crippen molar-refractivity contribution < 1.29 is 4.74 Å². The number of hydrogen-bond donors (Lipinski definition) is 0. The molecule has 94 valence electrons.